The Bertz CT molecular complexity index is 371. The summed E-state index contributed by atoms with van der Waals surface area (Å²) in [6.45, 7) is 2.88. The van der Waals surface area contributed by atoms with Crippen LogP contribution in [0.2, 0.25) is 5.02 Å². The molecule has 0 saturated heterocycles. The molecule has 3 heteroatoms. The highest BCUT2D eigenvalue weighted by Crippen LogP contribution is 2.22. The van der Waals surface area contributed by atoms with Gasteiger partial charge in [0.15, 0.2) is 0 Å². The summed E-state index contributed by atoms with van der Waals surface area (Å²) in [7, 11) is 0. The molecule has 1 atom stereocenters. The smallest absolute Gasteiger partial charge is 0.0406 e. The first kappa shape index (κ1) is 13.9. The molecule has 1 saturated carbocycles. The Morgan fingerprint density at radius 3 is 2.44 bits per heavy atom. The third-order valence-electron chi connectivity index (χ3n) is 3.87. The van der Waals surface area contributed by atoms with Crippen LogP contribution >= 0.6 is 11.6 Å². The zero-order chi connectivity index (χ0) is 13.0. The Morgan fingerprint density at radius 1 is 1.28 bits per heavy atom. The lowest BCUT2D eigenvalue weighted by Crippen LogP contribution is -2.53. The van der Waals surface area contributed by atoms with E-state index in [1.165, 1.54) is 31.2 Å². The molecule has 0 aromatic heterocycles. The molecule has 2 nitrogen and oxygen atoms in total. The topological polar surface area (TPSA) is 38.0 Å². The second-order valence-electron chi connectivity index (χ2n) is 5.69. The van der Waals surface area contributed by atoms with E-state index in [-0.39, 0.29) is 5.54 Å². The van der Waals surface area contributed by atoms with Gasteiger partial charge in [0.05, 0.1) is 0 Å². The first-order valence-electron chi connectivity index (χ1n) is 6.83. The highest BCUT2D eigenvalue weighted by Gasteiger charge is 2.27. The van der Waals surface area contributed by atoms with Crippen LogP contribution < -0.4 is 11.1 Å². The van der Waals surface area contributed by atoms with E-state index >= 15 is 0 Å². The van der Waals surface area contributed by atoms with Gasteiger partial charge in [0.1, 0.15) is 0 Å². The Labute approximate surface area is 115 Å². The lowest BCUT2D eigenvalue weighted by molar-refractivity contribution is 0.313. The van der Waals surface area contributed by atoms with Crippen molar-refractivity contribution in [3.63, 3.8) is 0 Å². The first-order chi connectivity index (χ1) is 8.61. The van der Waals surface area contributed by atoms with E-state index in [0.29, 0.717) is 12.6 Å². The van der Waals surface area contributed by atoms with Gasteiger partial charge in [-0.1, -0.05) is 36.6 Å². The molecule has 0 bridgehead atoms. The maximum Gasteiger partial charge on any atom is 0.0406 e. The Morgan fingerprint density at radius 2 is 1.89 bits per heavy atom. The van der Waals surface area contributed by atoms with Crippen molar-refractivity contribution in [2.45, 2.75) is 50.6 Å². The fourth-order valence-corrected chi connectivity index (χ4v) is 2.92. The minimum atomic E-state index is -0.0111. The van der Waals surface area contributed by atoms with Gasteiger partial charge in [-0.15, -0.1) is 0 Å². The summed E-state index contributed by atoms with van der Waals surface area (Å²) in [5, 5.41) is 4.54. The fraction of sp³-hybridized carbons (Fsp3) is 0.600. The summed E-state index contributed by atoms with van der Waals surface area (Å²) in [4.78, 5) is 0. The number of benzene rings is 1. The molecule has 1 aromatic rings. The second-order valence-corrected chi connectivity index (χ2v) is 6.13. The van der Waals surface area contributed by atoms with Crippen LogP contribution in [0.3, 0.4) is 0 Å². The van der Waals surface area contributed by atoms with Crippen molar-refractivity contribution >= 4 is 11.6 Å². The molecule has 0 amide bonds. The predicted molar refractivity (Wildman–Crippen MR) is 78.0 cm³/mol. The number of hydrogen-bond donors (Lipinski definition) is 2. The van der Waals surface area contributed by atoms with E-state index in [4.69, 9.17) is 17.3 Å². The van der Waals surface area contributed by atoms with Crippen molar-refractivity contribution in [3.05, 3.63) is 34.9 Å². The minimum Gasteiger partial charge on any atom is -0.329 e. The van der Waals surface area contributed by atoms with Gasteiger partial charge in [0.25, 0.3) is 0 Å². The Hall–Kier alpha value is -0.570. The van der Waals surface area contributed by atoms with E-state index < -0.39 is 0 Å². The van der Waals surface area contributed by atoms with E-state index in [0.717, 1.165) is 11.4 Å². The SMILES string of the molecule is CC(CN)(Cc1ccc(Cl)cc1)NC1CCCC1. The monoisotopic (exact) mass is 266 g/mol. The molecule has 0 aliphatic heterocycles. The first-order valence-corrected chi connectivity index (χ1v) is 7.21. The van der Waals surface area contributed by atoms with Crippen molar-refractivity contribution in [2.24, 2.45) is 5.73 Å². The van der Waals surface area contributed by atoms with Crippen molar-refractivity contribution in [3.8, 4) is 0 Å². The highest BCUT2D eigenvalue weighted by atomic mass is 35.5. The van der Waals surface area contributed by atoms with Crippen LogP contribution in [0.25, 0.3) is 0 Å². The summed E-state index contributed by atoms with van der Waals surface area (Å²) in [5.41, 5.74) is 7.25. The molecular formula is C15H23ClN2. The average molecular weight is 267 g/mol. The number of hydrogen-bond acceptors (Lipinski definition) is 2. The molecule has 2 rings (SSSR count). The third-order valence-corrected chi connectivity index (χ3v) is 4.12. The number of rotatable bonds is 5. The molecular weight excluding hydrogens is 244 g/mol. The van der Waals surface area contributed by atoms with Crippen molar-refractivity contribution in [2.75, 3.05) is 6.54 Å². The van der Waals surface area contributed by atoms with Crippen molar-refractivity contribution in [1.82, 2.24) is 5.32 Å². The van der Waals surface area contributed by atoms with Gasteiger partial charge >= 0.3 is 0 Å². The van der Waals surface area contributed by atoms with Crippen LogP contribution in [-0.4, -0.2) is 18.1 Å². The molecule has 1 aliphatic carbocycles. The number of halogens is 1. The van der Waals surface area contributed by atoms with Crippen molar-refractivity contribution < 1.29 is 0 Å². The predicted octanol–water partition coefficient (Wildman–Crippen LogP) is 3.13. The number of nitrogens with two attached hydrogens (primary N) is 1. The van der Waals surface area contributed by atoms with Crippen LogP contribution in [0, 0.1) is 0 Å². The lowest BCUT2D eigenvalue weighted by atomic mass is 9.91. The highest BCUT2D eigenvalue weighted by molar-refractivity contribution is 6.30. The summed E-state index contributed by atoms with van der Waals surface area (Å²) in [6.07, 6.45) is 6.22. The van der Waals surface area contributed by atoms with Crippen LogP contribution in [0.5, 0.6) is 0 Å². The molecule has 1 unspecified atom stereocenters. The van der Waals surface area contributed by atoms with E-state index in [2.05, 4.69) is 24.4 Å². The molecule has 3 N–H and O–H groups in total. The van der Waals surface area contributed by atoms with E-state index in [1.54, 1.807) is 0 Å². The summed E-state index contributed by atoms with van der Waals surface area (Å²) in [5.74, 6) is 0. The normalized spacial score (nSPS) is 19.9. The molecule has 100 valence electrons. The Kier molecular flexibility index (Phi) is 4.66. The van der Waals surface area contributed by atoms with Gasteiger partial charge in [-0.25, -0.2) is 0 Å². The molecule has 1 aromatic carbocycles. The van der Waals surface area contributed by atoms with Gasteiger partial charge in [0, 0.05) is 23.1 Å². The Balaban J connectivity index is 1.99. The van der Waals surface area contributed by atoms with Crippen LogP contribution in [0.1, 0.15) is 38.2 Å². The van der Waals surface area contributed by atoms with Gasteiger partial charge in [-0.05, 0) is 43.9 Å². The van der Waals surface area contributed by atoms with Gasteiger partial charge in [0.2, 0.25) is 0 Å². The minimum absolute atomic E-state index is 0.0111. The molecule has 1 aliphatic rings. The summed E-state index contributed by atoms with van der Waals surface area (Å²) < 4.78 is 0. The van der Waals surface area contributed by atoms with Gasteiger partial charge in [-0.3, -0.25) is 0 Å². The lowest BCUT2D eigenvalue weighted by Gasteiger charge is -2.33. The summed E-state index contributed by atoms with van der Waals surface area (Å²) >= 11 is 5.91. The zero-order valence-electron chi connectivity index (χ0n) is 11.1. The molecule has 0 spiro atoms. The van der Waals surface area contributed by atoms with Crippen molar-refractivity contribution in [1.29, 1.82) is 0 Å². The molecule has 1 fully saturated rings. The maximum absolute atomic E-state index is 5.97. The molecule has 18 heavy (non-hydrogen) atoms. The average Bonchev–Trinajstić information content (AvgIpc) is 2.85. The quantitative estimate of drug-likeness (QED) is 0.859. The molecule has 0 heterocycles. The zero-order valence-corrected chi connectivity index (χ0v) is 11.8. The van der Waals surface area contributed by atoms with Gasteiger partial charge < -0.3 is 11.1 Å². The molecule has 0 radical (unpaired) electrons. The van der Waals surface area contributed by atoms with Gasteiger partial charge in [-0.2, -0.15) is 0 Å². The maximum atomic E-state index is 5.97. The van der Waals surface area contributed by atoms with Crippen LogP contribution in [0.15, 0.2) is 24.3 Å². The second kappa shape index (κ2) is 6.05. The van der Waals surface area contributed by atoms with E-state index in [1.807, 2.05) is 12.1 Å². The summed E-state index contributed by atoms with van der Waals surface area (Å²) in [6, 6.07) is 8.72. The fourth-order valence-electron chi connectivity index (χ4n) is 2.80. The van der Waals surface area contributed by atoms with Crippen LogP contribution in [0.4, 0.5) is 0 Å². The number of nitrogens with one attached hydrogen (secondary N) is 1. The standard InChI is InChI=1S/C15H23ClN2/c1-15(11-17,18-14-4-2-3-5-14)10-12-6-8-13(16)9-7-12/h6-9,14,18H,2-5,10-11,17H2,1H3. The van der Waals surface area contributed by atoms with E-state index in [9.17, 15) is 0 Å². The third kappa shape index (κ3) is 3.71. The largest absolute Gasteiger partial charge is 0.329 e. The van der Waals surface area contributed by atoms with Crippen LogP contribution in [-0.2, 0) is 6.42 Å².